The Morgan fingerprint density at radius 1 is 1.10 bits per heavy atom. The Kier molecular flexibility index (Phi) is 12.2. The van der Waals surface area contributed by atoms with Gasteiger partial charge in [-0.3, -0.25) is 9.59 Å². The molecule has 5 N–H and O–H groups in total. The molecule has 1 aliphatic heterocycles. The molecule has 40 heavy (non-hydrogen) atoms. The first kappa shape index (κ1) is 32.3. The molecule has 3 rings (SSSR count). The van der Waals surface area contributed by atoms with E-state index in [1.54, 1.807) is 24.3 Å². The number of primary amides is 2. The largest absolute Gasteiger partial charge is 0.380 e. The Morgan fingerprint density at radius 2 is 1.88 bits per heavy atom. The summed E-state index contributed by atoms with van der Waals surface area (Å²) < 4.78 is 34.2. The van der Waals surface area contributed by atoms with Crippen LogP contribution in [0, 0.1) is 5.92 Å². The summed E-state index contributed by atoms with van der Waals surface area (Å²) in [5, 5.41) is 1.15. The van der Waals surface area contributed by atoms with E-state index in [4.69, 9.17) is 39.4 Å². The molecule has 0 bridgehead atoms. The molecule has 2 aromatic carbocycles. The zero-order valence-electron chi connectivity index (χ0n) is 22.7. The number of likely N-dealkylation sites (N-methyl/N-ethyl adjacent to an activating group) is 1. The molecule has 0 radical (unpaired) electrons. The number of rotatable bonds is 16. The number of halogens is 2. The van der Waals surface area contributed by atoms with Crippen molar-refractivity contribution in [3.8, 4) is 0 Å². The van der Waals surface area contributed by atoms with Gasteiger partial charge in [0.1, 0.15) is 0 Å². The van der Waals surface area contributed by atoms with Crippen LogP contribution < -0.4 is 16.2 Å². The van der Waals surface area contributed by atoms with Gasteiger partial charge in [-0.25, -0.2) is 13.1 Å². The van der Waals surface area contributed by atoms with Crippen LogP contribution in [0.3, 0.4) is 0 Å². The average Bonchev–Trinajstić information content (AvgIpc) is 2.89. The summed E-state index contributed by atoms with van der Waals surface area (Å²) in [6, 6.07) is 10.5. The summed E-state index contributed by atoms with van der Waals surface area (Å²) in [5.41, 5.74) is 13.5. The van der Waals surface area contributed by atoms with Gasteiger partial charge >= 0.3 is 0 Å². The molecule has 12 heteroatoms. The minimum absolute atomic E-state index is 0.0789. The summed E-state index contributed by atoms with van der Waals surface area (Å²) in [6.07, 6.45) is 3.64. The van der Waals surface area contributed by atoms with E-state index in [0.717, 1.165) is 29.5 Å². The minimum Gasteiger partial charge on any atom is -0.380 e. The molecule has 2 amide bonds. The molecule has 0 aliphatic carbocycles. The summed E-state index contributed by atoms with van der Waals surface area (Å²) in [5.74, 6) is -1.14. The Morgan fingerprint density at radius 3 is 2.60 bits per heavy atom. The van der Waals surface area contributed by atoms with Crippen LogP contribution >= 0.6 is 23.2 Å². The van der Waals surface area contributed by atoms with Crippen molar-refractivity contribution in [2.24, 2.45) is 17.4 Å². The van der Waals surface area contributed by atoms with Gasteiger partial charge < -0.3 is 21.1 Å². The van der Waals surface area contributed by atoms with Gasteiger partial charge in [0, 0.05) is 54.5 Å². The second-order valence-corrected chi connectivity index (χ2v) is 12.9. The molecule has 220 valence electrons. The lowest BCUT2D eigenvalue weighted by Gasteiger charge is -2.33. The Balaban J connectivity index is 1.51. The monoisotopic (exact) mass is 612 g/mol. The van der Waals surface area contributed by atoms with Gasteiger partial charge in [-0.1, -0.05) is 48.2 Å². The number of ether oxygens (including phenoxy) is 1. The van der Waals surface area contributed by atoms with Crippen LogP contribution in [0.15, 0.2) is 41.3 Å². The molecule has 2 atom stereocenters. The highest BCUT2D eigenvalue weighted by molar-refractivity contribution is 7.89. The number of amides is 2. The van der Waals surface area contributed by atoms with E-state index in [-0.39, 0.29) is 42.4 Å². The van der Waals surface area contributed by atoms with Crippen LogP contribution in [0.4, 0.5) is 0 Å². The quantitative estimate of drug-likeness (QED) is 0.246. The van der Waals surface area contributed by atoms with E-state index in [1.165, 1.54) is 0 Å². The first-order chi connectivity index (χ1) is 19.0. The van der Waals surface area contributed by atoms with Crippen molar-refractivity contribution in [1.82, 2.24) is 9.62 Å². The van der Waals surface area contributed by atoms with Crippen LogP contribution in [0.2, 0.25) is 10.0 Å². The Bertz CT molecular complexity index is 1290. The van der Waals surface area contributed by atoms with E-state index >= 15 is 0 Å². The number of carbonyl (C=O) groups is 2. The van der Waals surface area contributed by atoms with Gasteiger partial charge in [-0.05, 0) is 67.3 Å². The van der Waals surface area contributed by atoms with Crippen molar-refractivity contribution >= 4 is 45.0 Å². The van der Waals surface area contributed by atoms with Crippen molar-refractivity contribution in [1.29, 1.82) is 0 Å². The molecule has 1 aliphatic rings. The number of sulfonamides is 1. The zero-order valence-corrected chi connectivity index (χ0v) is 25.0. The van der Waals surface area contributed by atoms with Crippen LogP contribution in [-0.4, -0.2) is 58.5 Å². The number of unbranched alkanes of at least 4 members (excludes halogenated alkanes) is 2. The van der Waals surface area contributed by atoms with Crippen molar-refractivity contribution in [2.45, 2.75) is 55.9 Å². The molecule has 0 spiro atoms. The minimum atomic E-state index is -3.77. The molecule has 0 fully saturated rings. The fourth-order valence-electron chi connectivity index (χ4n) is 4.98. The van der Waals surface area contributed by atoms with Crippen molar-refractivity contribution in [3.05, 3.63) is 63.1 Å². The lowest BCUT2D eigenvalue weighted by molar-refractivity contribution is -0.122. The summed E-state index contributed by atoms with van der Waals surface area (Å²) in [4.78, 5) is 24.8. The summed E-state index contributed by atoms with van der Waals surface area (Å²) >= 11 is 12.8. The van der Waals surface area contributed by atoms with E-state index in [1.807, 2.05) is 19.2 Å². The highest BCUT2D eigenvalue weighted by atomic mass is 35.5. The van der Waals surface area contributed by atoms with E-state index in [2.05, 4.69) is 9.62 Å². The van der Waals surface area contributed by atoms with Gasteiger partial charge in [0.15, 0.2) is 0 Å². The van der Waals surface area contributed by atoms with Gasteiger partial charge in [0.25, 0.3) is 0 Å². The Hall–Kier alpha value is -2.21. The van der Waals surface area contributed by atoms with Crippen LogP contribution in [0.25, 0.3) is 0 Å². The van der Waals surface area contributed by atoms with Crippen molar-refractivity contribution in [3.63, 3.8) is 0 Å². The van der Waals surface area contributed by atoms with Gasteiger partial charge in [0.05, 0.1) is 11.5 Å². The lowest BCUT2D eigenvalue weighted by atomic mass is 9.85. The lowest BCUT2D eigenvalue weighted by Crippen LogP contribution is -2.31. The number of nitrogens with zero attached hydrogens (tertiary/aromatic N) is 1. The van der Waals surface area contributed by atoms with Gasteiger partial charge in [0.2, 0.25) is 21.8 Å². The highest BCUT2D eigenvalue weighted by Gasteiger charge is 2.28. The van der Waals surface area contributed by atoms with E-state index in [9.17, 15) is 18.0 Å². The predicted octanol–water partition coefficient (Wildman–Crippen LogP) is 3.79. The smallest absolute Gasteiger partial charge is 0.240 e. The first-order valence-electron chi connectivity index (χ1n) is 13.4. The topological polar surface area (TPSA) is 145 Å². The first-order valence-corrected chi connectivity index (χ1v) is 15.6. The molecule has 1 heterocycles. The number of fused-ring (bicyclic) bond motifs is 1. The zero-order chi connectivity index (χ0) is 29.3. The number of nitrogens with two attached hydrogens (primary N) is 2. The molecule has 2 aromatic rings. The van der Waals surface area contributed by atoms with Crippen molar-refractivity contribution in [2.75, 3.05) is 33.4 Å². The second-order valence-electron chi connectivity index (χ2n) is 10.2. The number of nitrogens with one attached hydrogen (secondary N) is 1. The summed E-state index contributed by atoms with van der Waals surface area (Å²) in [6.45, 7) is 1.92. The normalized spacial score (nSPS) is 16.4. The molecule has 2 unspecified atom stereocenters. The van der Waals surface area contributed by atoms with E-state index < -0.39 is 15.9 Å². The maximum atomic E-state index is 13.0. The van der Waals surface area contributed by atoms with Crippen LogP contribution in [-0.2, 0) is 30.9 Å². The number of benzene rings is 2. The molecular formula is C28H38Cl2N4O5S. The van der Waals surface area contributed by atoms with Gasteiger partial charge in [-0.15, -0.1) is 0 Å². The number of hydrogen-bond acceptors (Lipinski definition) is 6. The highest BCUT2D eigenvalue weighted by Crippen LogP contribution is 2.38. The third-order valence-electron chi connectivity index (χ3n) is 7.09. The molecule has 0 saturated carbocycles. The van der Waals surface area contributed by atoms with E-state index in [0.29, 0.717) is 48.8 Å². The molecule has 0 aromatic heterocycles. The fourth-order valence-corrected chi connectivity index (χ4v) is 6.62. The molecule has 0 saturated heterocycles. The standard InChI is InChI=1S/C28H38Cl2N4O5S/c1-34-17-24(23-15-21(29)16-26(30)25(23)18-34)20-7-5-8-22(14-20)40(37,38)33-11-13-39-12-10-19(28(32)36)6-3-2-4-9-27(31)35/h5,7-8,14-16,19,24,33H,2-4,6,9-13,17-18H2,1H3,(H2,31,35)(H2,32,36). The predicted molar refractivity (Wildman–Crippen MR) is 157 cm³/mol. The maximum Gasteiger partial charge on any atom is 0.240 e. The third kappa shape index (κ3) is 9.43. The SMILES string of the molecule is CN1Cc2c(Cl)cc(Cl)cc2C(c2cccc(S(=O)(=O)NCCOCCC(CCCCCC(N)=O)C(N)=O)c2)C1. The third-order valence-corrected chi connectivity index (χ3v) is 9.10. The van der Waals surface area contributed by atoms with Crippen LogP contribution in [0.1, 0.15) is 61.1 Å². The average molecular weight is 614 g/mol. The number of hydrogen-bond donors (Lipinski definition) is 3. The molecule has 9 nitrogen and oxygen atoms in total. The fraction of sp³-hybridized carbons (Fsp3) is 0.500. The van der Waals surface area contributed by atoms with Crippen molar-refractivity contribution < 1.29 is 22.7 Å². The molecular weight excluding hydrogens is 575 g/mol. The second kappa shape index (κ2) is 15.1. The number of carbonyl (C=O) groups excluding carboxylic acids is 2. The summed E-state index contributed by atoms with van der Waals surface area (Å²) in [7, 11) is -1.77. The maximum absolute atomic E-state index is 13.0. The van der Waals surface area contributed by atoms with Gasteiger partial charge in [-0.2, -0.15) is 0 Å². The Labute approximate surface area is 246 Å². The van der Waals surface area contributed by atoms with Crippen LogP contribution in [0.5, 0.6) is 0 Å².